The summed E-state index contributed by atoms with van der Waals surface area (Å²) in [6.45, 7) is 7.35. The van der Waals surface area contributed by atoms with Crippen molar-refractivity contribution in [3.63, 3.8) is 0 Å². The van der Waals surface area contributed by atoms with Gasteiger partial charge < -0.3 is 4.98 Å². The molecule has 112 valence electrons. The van der Waals surface area contributed by atoms with E-state index >= 15 is 0 Å². The van der Waals surface area contributed by atoms with Crippen LogP contribution in [0.4, 0.5) is 4.39 Å². The van der Waals surface area contributed by atoms with Crippen molar-refractivity contribution >= 4 is 0 Å². The fraction of sp³-hybridized carbons (Fsp3) is 0.375. The van der Waals surface area contributed by atoms with Gasteiger partial charge in [-0.3, -0.25) is 9.78 Å². The highest BCUT2D eigenvalue weighted by atomic mass is 19.1. The van der Waals surface area contributed by atoms with Gasteiger partial charge in [-0.05, 0) is 25.3 Å². The lowest BCUT2D eigenvalue weighted by atomic mass is 9.95. The van der Waals surface area contributed by atoms with Gasteiger partial charge in [0.05, 0.1) is 5.69 Å². The molecule has 0 bridgehead atoms. The maximum Gasteiger partial charge on any atom is 0.326 e. The summed E-state index contributed by atoms with van der Waals surface area (Å²) in [5.74, 6) is -0.190. The Hall–Kier alpha value is -2.17. The number of aromatic amines is 2. The van der Waals surface area contributed by atoms with Crippen LogP contribution in [0.25, 0.3) is 0 Å². The number of halogens is 1. The fourth-order valence-corrected chi connectivity index (χ4v) is 2.61. The van der Waals surface area contributed by atoms with Gasteiger partial charge in [-0.25, -0.2) is 9.18 Å². The second-order valence-corrected chi connectivity index (χ2v) is 5.67. The number of aromatic nitrogens is 2. The van der Waals surface area contributed by atoms with E-state index in [1.54, 1.807) is 26.0 Å². The van der Waals surface area contributed by atoms with Crippen LogP contribution in [0.1, 0.15) is 53.9 Å². The zero-order valence-corrected chi connectivity index (χ0v) is 12.6. The molecule has 0 radical (unpaired) electrons. The van der Waals surface area contributed by atoms with Gasteiger partial charge >= 0.3 is 5.69 Å². The Balaban J connectivity index is 2.65. The Morgan fingerprint density at radius 3 is 2.10 bits per heavy atom. The smallest absolute Gasteiger partial charge is 0.308 e. The van der Waals surface area contributed by atoms with Crippen molar-refractivity contribution in [3.8, 4) is 0 Å². The fourth-order valence-electron chi connectivity index (χ4n) is 2.61. The molecule has 21 heavy (non-hydrogen) atoms. The Kier molecular flexibility index (Phi) is 4.11. The number of H-pyrrole nitrogens is 2. The van der Waals surface area contributed by atoms with E-state index in [1.807, 2.05) is 19.9 Å². The molecular formula is C16H19FN2O2. The topological polar surface area (TPSA) is 65.7 Å². The molecule has 0 amide bonds. The van der Waals surface area contributed by atoms with Crippen LogP contribution < -0.4 is 11.2 Å². The molecule has 5 heteroatoms. The van der Waals surface area contributed by atoms with Crippen molar-refractivity contribution in [1.82, 2.24) is 9.97 Å². The van der Waals surface area contributed by atoms with Gasteiger partial charge in [0.1, 0.15) is 0 Å². The van der Waals surface area contributed by atoms with Gasteiger partial charge in [0.2, 0.25) is 0 Å². The number of nitrogens with one attached hydrogen (secondary N) is 2. The first-order valence-electron chi connectivity index (χ1n) is 6.88. The number of alkyl halides is 1. The van der Waals surface area contributed by atoms with Crippen molar-refractivity contribution in [2.45, 2.75) is 39.8 Å². The van der Waals surface area contributed by atoms with Crippen LogP contribution in [0.3, 0.4) is 0 Å². The zero-order chi connectivity index (χ0) is 15.7. The van der Waals surface area contributed by atoms with E-state index in [4.69, 9.17) is 0 Å². The molecule has 1 heterocycles. The largest absolute Gasteiger partial charge is 0.326 e. The van der Waals surface area contributed by atoms with Crippen LogP contribution in [0, 0.1) is 13.8 Å². The summed E-state index contributed by atoms with van der Waals surface area (Å²) >= 11 is 0. The van der Waals surface area contributed by atoms with E-state index in [2.05, 4.69) is 9.97 Å². The predicted molar refractivity (Wildman–Crippen MR) is 80.6 cm³/mol. The molecule has 0 aliphatic heterocycles. The molecule has 1 aromatic carbocycles. The maximum absolute atomic E-state index is 14.9. The summed E-state index contributed by atoms with van der Waals surface area (Å²) in [4.78, 5) is 28.0. The van der Waals surface area contributed by atoms with Gasteiger partial charge in [-0.2, -0.15) is 0 Å². The van der Waals surface area contributed by atoms with Gasteiger partial charge in [-0.15, -0.1) is 0 Å². The summed E-state index contributed by atoms with van der Waals surface area (Å²) in [7, 11) is 0. The van der Waals surface area contributed by atoms with Crippen molar-refractivity contribution in [2.24, 2.45) is 0 Å². The first-order chi connectivity index (χ1) is 9.79. The third kappa shape index (κ3) is 3.12. The minimum absolute atomic E-state index is 0.0451. The lowest BCUT2D eigenvalue weighted by molar-refractivity contribution is 0.386. The Labute approximate surface area is 122 Å². The summed E-state index contributed by atoms with van der Waals surface area (Å²) in [6.07, 6.45) is -1.53. The average molecular weight is 290 g/mol. The van der Waals surface area contributed by atoms with Gasteiger partial charge in [0.25, 0.3) is 5.56 Å². The van der Waals surface area contributed by atoms with E-state index in [1.165, 1.54) is 0 Å². The molecule has 0 fully saturated rings. The third-order valence-electron chi connectivity index (χ3n) is 3.38. The monoisotopic (exact) mass is 290 g/mol. The molecule has 0 saturated heterocycles. The van der Waals surface area contributed by atoms with Gasteiger partial charge in [-0.1, -0.05) is 43.2 Å². The lowest BCUT2D eigenvalue weighted by Crippen LogP contribution is -2.29. The second-order valence-electron chi connectivity index (χ2n) is 5.67. The second kappa shape index (κ2) is 5.68. The first kappa shape index (κ1) is 15.2. The Morgan fingerprint density at radius 1 is 1.00 bits per heavy atom. The molecule has 1 aromatic heterocycles. The molecule has 4 nitrogen and oxygen atoms in total. The molecule has 0 aliphatic rings. The normalized spacial score (nSPS) is 12.7. The molecule has 1 atom stereocenters. The molecule has 2 N–H and O–H groups in total. The zero-order valence-electron chi connectivity index (χ0n) is 12.6. The van der Waals surface area contributed by atoms with Crippen molar-refractivity contribution in [2.75, 3.05) is 0 Å². The maximum atomic E-state index is 14.9. The minimum Gasteiger partial charge on any atom is -0.308 e. The lowest BCUT2D eigenvalue weighted by Gasteiger charge is -2.16. The van der Waals surface area contributed by atoms with Crippen LogP contribution >= 0.6 is 0 Å². The highest BCUT2D eigenvalue weighted by Crippen LogP contribution is 2.29. The average Bonchev–Trinajstić information content (AvgIpc) is 2.35. The summed E-state index contributed by atoms with van der Waals surface area (Å²) in [5.41, 5.74) is 1.42. The molecule has 0 aliphatic carbocycles. The van der Waals surface area contributed by atoms with E-state index < -0.39 is 17.4 Å². The van der Waals surface area contributed by atoms with Crippen LogP contribution in [-0.4, -0.2) is 9.97 Å². The molecular weight excluding hydrogens is 271 g/mol. The Bertz CT molecular complexity index is 754. The van der Waals surface area contributed by atoms with Gasteiger partial charge in [0.15, 0.2) is 6.17 Å². The van der Waals surface area contributed by atoms with E-state index in [-0.39, 0.29) is 17.2 Å². The van der Waals surface area contributed by atoms with Crippen LogP contribution in [0.15, 0.2) is 27.8 Å². The number of benzene rings is 1. The van der Waals surface area contributed by atoms with E-state index in [9.17, 15) is 14.0 Å². The van der Waals surface area contributed by atoms with Crippen LogP contribution in [0.2, 0.25) is 0 Å². The van der Waals surface area contributed by atoms with E-state index in [0.29, 0.717) is 5.56 Å². The minimum atomic E-state index is -1.53. The quantitative estimate of drug-likeness (QED) is 0.913. The first-order valence-corrected chi connectivity index (χ1v) is 6.88. The molecule has 1 unspecified atom stereocenters. The number of hydrogen-bond donors (Lipinski definition) is 2. The number of rotatable bonds is 3. The molecule has 0 spiro atoms. The summed E-state index contributed by atoms with van der Waals surface area (Å²) in [5, 5.41) is 0. The molecule has 0 saturated carbocycles. The summed E-state index contributed by atoms with van der Waals surface area (Å²) < 4.78 is 14.9. The van der Waals surface area contributed by atoms with Crippen LogP contribution in [0.5, 0.6) is 0 Å². The SMILES string of the molecule is Cc1cc(C)cc(C(F)c2[nH]c(=O)[nH]c(=O)c2C(C)C)c1. The summed E-state index contributed by atoms with van der Waals surface area (Å²) in [6, 6.07) is 5.39. The molecule has 2 aromatic rings. The van der Waals surface area contributed by atoms with Crippen molar-refractivity contribution < 1.29 is 4.39 Å². The van der Waals surface area contributed by atoms with Gasteiger partial charge in [0, 0.05) is 5.56 Å². The van der Waals surface area contributed by atoms with Crippen molar-refractivity contribution in [3.05, 3.63) is 67.0 Å². The highest BCUT2D eigenvalue weighted by molar-refractivity contribution is 5.36. The highest BCUT2D eigenvalue weighted by Gasteiger charge is 2.22. The van der Waals surface area contributed by atoms with Crippen molar-refractivity contribution in [1.29, 1.82) is 0 Å². The standard InChI is InChI=1S/C16H19FN2O2/c1-8(2)12-14(18-16(21)19-15(12)20)13(17)11-6-9(3)5-10(4)7-11/h5-8,13H,1-4H3,(H2,18,19,20,21). The number of hydrogen-bond acceptors (Lipinski definition) is 2. The van der Waals surface area contributed by atoms with E-state index in [0.717, 1.165) is 11.1 Å². The number of aryl methyl sites for hydroxylation is 2. The predicted octanol–water partition coefficient (Wildman–Crippen LogP) is 2.86. The third-order valence-corrected chi connectivity index (χ3v) is 3.38. The molecule has 2 rings (SSSR count). The Morgan fingerprint density at radius 2 is 1.57 bits per heavy atom. The van der Waals surface area contributed by atoms with Crippen LogP contribution in [-0.2, 0) is 0 Å².